The average Bonchev–Trinajstić information content (AvgIpc) is 2.35. The normalized spacial score (nSPS) is 13.8. The van der Waals surface area contributed by atoms with Crippen molar-refractivity contribution in [2.24, 2.45) is 5.92 Å². The Balaban J connectivity index is 2.51. The molecular formula is C12H15NO4. The van der Waals surface area contributed by atoms with E-state index in [4.69, 9.17) is 5.11 Å². The van der Waals surface area contributed by atoms with Crippen molar-refractivity contribution in [1.82, 2.24) is 5.32 Å². The lowest BCUT2D eigenvalue weighted by Gasteiger charge is -2.13. The molecule has 0 bridgehead atoms. The quantitative estimate of drug-likeness (QED) is 0.698. The Kier molecular flexibility index (Phi) is 4.66. The number of amides is 1. The second-order valence-electron chi connectivity index (χ2n) is 3.80. The van der Waals surface area contributed by atoms with Gasteiger partial charge in [0.05, 0.1) is 5.92 Å². The molecule has 0 aliphatic carbocycles. The molecule has 0 saturated carbocycles. The number of hydrogen-bond acceptors (Lipinski definition) is 3. The zero-order valence-corrected chi connectivity index (χ0v) is 9.46. The van der Waals surface area contributed by atoms with Crippen LogP contribution in [0.4, 0.5) is 0 Å². The van der Waals surface area contributed by atoms with Gasteiger partial charge in [-0.05, 0) is 5.56 Å². The zero-order chi connectivity index (χ0) is 12.8. The number of rotatable bonds is 5. The summed E-state index contributed by atoms with van der Waals surface area (Å²) < 4.78 is 0. The van der Waals surface area contributed by atoms with Crippen LogP contribution in [-0.2, 0) is 9.59 Å². The van der Waals surface area contributed by atoms with E-state index in [2.05, 4.69) is 5.32 Å². The Labute approximate surface area is 99.1 Å². The van der Waals surface area contributed by atoms with E-state index < -0.39 is 23.9 Å². The first-order valence-electron chi connectivity index (χ1n) is 5.26. The van der Waals surface area contributed by atoms with Gasteiger partial charge in [-0.25, -0.2) is 0 Å². The van der Waals surface area contributed by atoms with Crippen LogP contribution in [0.2, 0.25) is 0 Å². The molecule has 0 fully saturated rings. The van der Waals surface area contributed by atoms with E-state index in [1.54, 1.807) is 30.3 Å². The summed E-state index contributed by atoms with van der Waals surface area (Å²) in [7, 11) is 0. The Morgan fingerprint density at radius 3 is 2.41 bits per heavy atom. The fraction of sp³-hybridized carbons (Fsp3) is 0.333. The molecule has 2 atom stereocenters. The summed E-state index contributed by atoms with van der Waals surface area (Å²) in [5.74, 6) is -2.26. The molecule has 92 valence electrons. The van der Waals surface area contributed by atoms with Crippen LogP contribution in [0.15, 0.2) is 30.3 Å². The number of carboxylic acid groups (broad SMARTS) is 1. The maximum Gasteiger partial charge on any atom is 0.308 e. The van der Waals surface area contributed by atoms with E-state index in [-0.39, 0.29) is 6.54 Å². The Morgan fingerprint density at radius 1 is 1.29 bits per heavy atom. The molecule has 0 aromatic heterocycles. The van der Waals surface area contributed by atoms with Gasteiger partial charge in [0.1, 0.15) is 0 Å². The minimum atomic E-state index is -1.27. The fourth-order valence-corrected chi connectivity index (χ4v) is 1.22. The van der Waals surface area contributed by atoms with Crippen molar-refractivity contribution in [2.45, 2.75) is 13.0 Å². The molecule has 0 heterocycles. The van der Waals surface area contributed by atoms with Crippen LogP contribution >= 0.6 is 0 Å². The minimum Gasteiger partial charge on any atom is -0.481 e. The van der Waals surface area contributed by atoms with Crippen LogP contribution < -0.4 is 5.32 Å². The van der Waals surface area contributed by atoms with E-state index in [9.17, 15) is 14.7 Å². The number of carbonyl (C=O) groups excluding carboxylic acids is 1. The van der Waals surface area contributed by atoms with Gasteiger partial charge < -0.3 is 15.5 Å². The predicted octanol–water partition coefficient (Wildman–Crippen LogP) is 0.557. The largest absolute Gasteiger partial charge is 0.481 e. The SMILES string of the molecule is CC(CNC(=O)C(O)c1ccccc1)C(=O)O. The Hall–Kier alpha value is -1.88. The van der Waals surface area contributed by atoms with E-state index in [1.165, 1.54) is 6.92 Å². The highest BCUT2D eigenvalue weighted by Crippen LogP contribution is 2.11. The van der Waals surface area contributed by atoms with Crippen molar-refractivity contribution in [3.8, 4) is 0 Å². The molecule has 3 N–H and O–H groups in total. The van der Waals surface area contributed by atoms with Crippen LogP contribution in [0.25, 0.3) is 0 Å². The number of carbonyl (C=O) groups is 2. The standard InChI is InChI=1S/C12H15NO4/c1-8(12(16)17)7-13-11(15)10(14)9-5-3-2-4-6-9/h2-6,8,10,14H,7H2,1H3,(H,13,15)(H,16,17). The second-order valence-corrected chi connectivity index (χ2v) is 3.80. The molecule has 0 aliphatic rings. The monoisotopic (exact) mass is 237 g/mol. The Bertz CT molecular complexity index is 391. The van der Waals surface area contributed by atoms with Gasteiger partial charge in [0.15, 0.2) is 6.10 Å². The van der Waals surface area contributed by atoms with E-state index in [1.807, 2.05) is 0 Å². The molecule has 0 radical (unpaired) electrons. The lowest BCUT2D eigenvalue weighted by molar-refractivity contribution is -0.141. The van der Waals surface area contributed by atoms with Gasteiger partial charge in [-0.15, -0.1) is 0 Å². The molecule has 0 spiro atoms. The van der Waals surface area contributed by atoms with Crippen molar-refractivity contribution in [3.05, 3.63) is 35.9 Å². The van der Waals surface area contributed by atoms with Crippen LogP contribution in [-0.4, -0.2) is 28.6 Å². The lowest BCUT2D eigenvalue weighted by atomic mass is 10.1. The molecule has 1 rings (SSSR count). The van der Waals surface area contributed by atoms with Crippen molar-refractivity contribution in [3.63, 3.8) is 0 Å². The molecule has 2 unspecified atom stereocenters. The second kappa shape index (κ2) is 6.00. The highest BCUT2D eigenvalue weighted by Gasteiger charge is 2.18. The first kappa shape index (κ1) is 13.2. The molecule has 1 aromatic carbocycles. The van der Waals surface area contributed by atoms with E-state index in [0.717, 1.165) is 0 Å². The molecule has 1 amide bonds. The highest BCUT2D eigenvalue weighted by molar-refractivity contribution is 5.82. The summed E-state index contributed by atoms with van der Waals surface area (Å²) in [5.41, 5.74) is 0.480. The number of aliphatic carboxylic acids is 1. The summed E-state index contributed by atoms with van der Waals surface area (Å²) in [6, 6.07) is 8.47. The number of aliphatic hydroxyl groups is 1. The van der Waals surface area contributed by atoms with Gasteiger partial charge in [-0.2, -0.15) is 0 Å². The van der Waals surface area contributed by atoms with Crippen molar-refractivity contribution >= 4 is 11.9 Å². The van der Waals surface area contributed by atoms with Gasteiger partial charge in [0, 0.05) is 6.54 Å². The molecule has 0 aliphatic heterocycles. The van der Waals surface area contributed by atoms with Crippen molar-refractivity contribution in [2.75, 3.05) is 6.54 Å². The van der Waals surface area contributed by atoms with Gasteiger partial charge in [-0.3, -0.25) is 9.59 Å². The molecule has 5 heteroatoms. The lowest BCUT2D eigenvalue weighted by Crippen LogP contribution is -2.34. The number of nitrogens with one attached hydrogen (secondary N) is 1. The molecule has 1 aromatic rings. The third kappa shape index (κ3) is 3.88. The number of aliphatic hydroxyl groups excluding tert-OH is 1. The van der Waals surface area contributed by atoms with Gasteiger partial charge in [0.2, 0.25) is 0 Å². The number of hydrogen-bond donors (Lipinski definition) is 3. The highest BCUT2D eigenvalue weighted by atomic mass is 16.4. The van der Waals surface area contributed by atoms with Gasteiger partial charge in [-0.1, -0.05) is 37.3 Å². The molecular weight excluding hydrogens is 222 g/mol. The molecule has 5 nitrogen and oxygen atoms in total. The zero-order valence-electron chi connectivity index (χ0n) is 9.46. The summed E-state index contributed by atoms with van der Waals surface area (Å²) in [4.78, 5) is 22.1. The van der Waals surface area contributed by atoms with Crippen LogP contribution in [0.1, 0.15) is 18.6 Å². The summed E-state index contributed by atoms with van der Waals surface area (Å²) in [6.45, 7) is 1.48. The molecule has 0 saturated heterocycles. The third-order valence-electron chi connectivity index (χ3n) is 2.37. The Morgan fingerprint density at radius 2 is 1.88 bits per heavy atom. The van der Waals surface area contributed by atoms with Crippen LogP contribution in [0.5, 0.6) is 0 Å². The topological polar surface area (TPSA) is 86.6 Å². The first-order chi connectivity index (χ1) is 8.02. The third-order valence-corrected chi connectivity index (χ3v) is 2.37. The predicted molar refractivity (Wildman–Crippen MR) is 61.2 cm³/mol. The van der Waals surface area contributed by atoms with Crippen molar-refractivity contribution < 1.29 is 19.8 Å². The van der Waals surface area contributed by atoms with Gasteiger partial charge >= 0.3 is 5.97 Å². The first-order valence-corrected chi connectivity index (χ1v) is 5.26. The summed E-state index contributed by atoms with van der Waals surface area (Å²) in [5, 5.41) is 20.7. The van der Waals surface area contributed by atoms with Crippen LogP contribution in [0, 0.1) is 5.92 Å². The summed E-state index contributed by atoms with van der Waals surface area (Å²) >= 11 is 0. The van der Waals surface area contributed by atoms with Gasteiger partial charge in [0.25, 0.3) is 5.91 Å². The van der Waals surface area contributed by atoms with Crippen molar-refractivity contribution in [1.29, 1.82) is 0 Å². The smallest absolute Gasteiger partial charge is 0.308 e. The number of benzene rings is 1. The molecule has 17 heavy (non-hydrogen) atoms. The summed E-state index contributed by atoms with van der Waals surface area (Å²) in [6.07, 6.45) is -1.27. The maximum atomic E-state index is 11.5. The fourth-order valence-electron chi connectivity index (χ4n) is 1.22. The number of carboxylic acids is 1. The van der Waals surface area contributed by atoms with E-state index in [0.29, 0.717) is 5.56 Å². The minimum absolute atomic E-state index is 0.00192. The average molecular weight is 237 g/mol. The van der Waals surface area contributed by atoms with E-state index >= 15 is 0 Å². The van der Waals surface area contributed by atoms with Crippen LogP contribution in [0.3, 0.4) is 0 Å². The maximum absolute atomic E-state index is 11.5.